The maximum Gasteiger partial charge on any atom is 0.283 e. The van der Waals surface area contributed by atoms with Crippen molar-refractivity contribution in [2.24, 2.45) is 22.9 Å². The van der Waals surface area contributed by atoms with Crippen LogP contribution >= 0.6 is 0 Å². The predicted octanol–water partition coefficient (Wildman–Crippen LogP) is -2.37. The van der Waals surface area contributed by atoms with Gasteiger partial charge in [-0.3, -0.25) is 29.5 Å². The Labute approximate surface area is 218 Å². The van der Waals surface area contributed by atoms with Crippen LogP contribution in [0.15, 0.2) is 42.5 Å². The van der Waals surface area contributed by atoms with Gasteiger partial charge in [-0.15, -0.1) is 0 Å². The lowest BCUT2D eigenvalue weighted by Gasteiger charge is -2.53. The molecule has 2 aromatic carbocycles. The first-order valence-corrected chi connectivity index (χ1v) is 12.1. The minimum absolute atomic E-state index is 0.178. The van der Waals surface area contributed by atoms with E-state index in [0.717, 1.165) is 43.3 Å². The summed E-state index contributed by atoms with van der Waals surface area (Å²) in [6, 6.07) is 12.8. The molecule has 3 heterocycles. The van der Waals surface area contributed by atoms with E-state index in [9.17, 15) is 19.5 Å². The van der Waals surface area contributed by atoms with Crippen molar-refractivity contribution in [2.75, 3.05) is 26.3 Å². The molecule has 3 aliphatic rings. The first-order chi connectivity index (χ1) is 18.0. The molecule has 2 aromatic rings. The van der Waals surface area contributed by atoms with Crippen molar-refractivity contribution < 1.29 is 29.0 Å². The molecule has 2 saturated heterocycles. The van der Waals surface area contributed by atoms with Crippen LogP contribution in [0.2, 0.25) is 0 Å². The van der Waals surface area contributed by atoms with Gasteiger partial charge in [0, 0.05) is 30.8 Å². The van der Waals surface area contributed by atoms with E-state index in [-0.39, 0.29) is 18.7 Å². The molecular weight excluding hydrogens is 494 g/mol. The Morgan fingerprint density at radius 3 is 2.29 bits per heavy atom. The molecule has 3 aliphatic heterocycles. The summed E-state index contributed by atoms with van der Waals surface area (Å²) >= 11 is 0. The third kappa shape index (κ3) is 4.05. The minimum Gasteiger partial charge on any atom is -0.489 e. The third-order valence-corrected chi connectivity index (χ3v) is 7.42. The van der Waals surface area contributed by atoms with Gasteiger partial charge in [-0.25, -0.2) is 0 Å². The summed E-state index contributed by atoms with van der Waals surface area (Å²) < 4.78 is 11.4. The van der Waals surface area contributed by atoms with Crippen LogP contribution in [0, 0.1) is 0 Å². The number of piperidine rings is 1. The van der Waals surface area contributed by atoms with Crippen LogP contribution in [0.4, 0.5) is 0 Å². The second-order valence-corrected chi connectivity index (χ2v) is 9.86. The van der Waals surface area contributed by atoms with Gasteiger partial charge in [0.2, 0.25) is 0 Å². The van der Waals surface area contributed by atoms with E-state index in [1.807, 2.05) is 29.6 Å². The number of amides is 3. The molecule has 0 aliphatic carbocycles. The van der Waals surface area contributed by atoms with E-state index in [1.165, 1.54) is 11.6 Å². The highest BCUT2D eigenvalue weighted by Gasteiger charge is 2.71. The lowest BCUT2D eigenvalue weighted by molar-refractivity contribution is -0.195. The normalized spacial score (nSPS) is 24.8. The average Bonchev–Trinajstić information content (AvgIpc) is 3.24. The topological polar surface area (TPSA) is 212 Å². The summed E-state index contributed by atoms with van der Waals surface area (Å²) in [5, 5.41) is 13.2. The fourth-order valence-electron chi connectivity index (χ4n) is 4.92. The largest absolute Gasteiger partial charge is 0.489 e. The number of ether oxygens (including phenoxy) is 2. The number of nitrogens with two attached hydrogens (primary N) is 4. The maximum atomic E-state index is 13.3. The van der Waals surface area contributed by atoms with Crippen LogP contribution < -0.4 is 33.0 Å². The number of carbonyl (C=O) groups is 3. The highest BCUT2D eigenvalue weighted by atomic mass is 16.5. The molecule has 0 radical (unpaired) electrons. The molecule has 1 atom stereocenters. The first-order valence-electron chi connectivity index (χ1n) is 12.1. The van der Waals surface area contributed by atoms with Crippen LogP contribution in [-0.4, -0.2) is 76.0 Å². The van der Waals surface area contributed by atoms with E-state index >= 15 is 0 Å². The number of carbonyl (C=O) groups excluding carboxylic acids is 3. The molecule has 3 amide bonds. The molecule has 10 N–H and O–H groups in total. The molecule has 0 saturated carbocycles. The predicted molar refractivity (Wildman–Crippen MR) is 133 cm³/mol. The highest BCUT2D eigenvalue weighted by molar-refractivity contribution is 6.11. The van der Waals surface area contributed by atoms with Crippen LogP contribution in [0.5, 0.6) is 5.75 Å². The number of aliphatic hydroxyl groups is 1. The molecule has 5 rings (SSSR count). The second-order valence-electron chi connectivity index (χ2n) is 9.86. The van der Waals surface area contributed by atoms with E-state index in [1.54, 1.807) is 12.1 Å². The van der Waals surface area contributed by atoms with Crippen LogP contribution in [-0.2, 0) is 34.0 Å². The number of morpholine rings is 1. The standard InChI is InChI=1S/C25H31N7O6/c26-23(27)21(34)30-22(35)24(36,25(23,28)29)32-13-18-17(20(32)33)2-1-3-19(18)38-14-16-6-4-15(5-7-16)12-31-8-10-37-11-9-31/h1-7,36H,8-14,26-29H2,(H,30,34,35). The Bertz CT molecular complexity index is 1280. The molecule has 0 aromatic heterocycles. The summed E-state index contributed by atoms with van der Waals surface area (Å²) in [6.45, 7) is 4.06. The van der Waals surface area contributed by atoms with Crippen molar-refractivity contribution in [3.05, 3.63) is 64.7 Å². The van der Waals surface area contributed by atoms with Crippen LogP contribution in [0.1, 0.15) is 27.0 Å². The number of fused-ring (bicyclic) bond motifs is 1. The Kier molecular flexibility index (Phi) is 6.47. The zero-order chi connectivity index (χ0) is 27.3. The Balaban J connectivity index is 1.32. The molecule has 202 valence electrons. The third-order valence-electron chi connectivity index (χ3n) is 7.42. The van der Waals surface area contributed by atoms with Gasteiger partial charge in [-0.05, 0) is 23.3 Å². The van der Waals surface area contributed by atoms with Gasteiger partial charge in [0.15, 0.2) is 11.3 Å². The van der Waals surface area contributed by atoms with Gasteiger partial charge >= 0.3 is 0 Å². The van der Waals surface area contributed by atoms with Crippen molar-refractivity contribution in [3.8, 4) is 5.75 Å². The molecular formula is C25H31N7O6. The highest BCUT2D eigenvalue weighted by Crippen LogP contribution is 2.39. The maximum absolute atomic E-state index is 13.3. The Hall–Kier alpha value is -3.43. The zero-order valence-electron chi connectivity index (χ0n) is 20.7. The molecule has 0 bridgehead atoms. The second kappa shape index (κ2) is 9.39. The van der Waals surface area contributed by atoms with Crippen molar-refractivity contribution >= 4 is 17.7 Å². The smallest absolute Gasteiger partial charge is 0.283 e. The quantitative estimate of drug-likeness (QED) is 0.173. The average molecular weight is 526 g/mol. The van der Waals surface area contributed by atoms with Gasteiger partial charge in [0.25, 0.3) is 23.4 Å². The molecule has 38 heavy (non-hydrogen) atoms. The number of rotatable bonds is 6. The lowest BCUT2D eigenvalue weighted by atomic mass is 9.79. The van der Waals surface area contributed by atoms with Crippen LogP contribution in [0.25, 0.3) is 0 Å². The molecule has 13 nitrogen and oxygen atoms in total. The lowest BCUT2D eigenvalue weighted by Crippen LogP contribution is -2.96. The Morgan fingerprint density at radius 2 is 1.61 bits per heavy atom. The van der Waals surface area contributed by atoms with Crippen molar-refractivity contribution in [3.63, 3.8) is 0 Å². The SMILES string of the molecule is NC1(N)C(=O)NC(=O)C(O)(N2Cc3c(OCc4ccc(CN5CCOCC5)cc4)cccc3C2=O)C1(N)N. The summed E-state index contributed by atoms with van der Waals surface area (Å²) in [6.07, 6.45) is 0. The fraction of sp³-hybridized carbons (Fsp3) is 0.400. The van der Waals surface area contributed by atoms with Gasteiger partial charge in [-0.2, -0.15) is 0 Å². The summed E-state index contributed by atoms with van der Waals surface area (Å²) in [7, 11) is 0. The van der Waals surface area contributed by atoms with E-state index in [2.05, 4.69) is 4.90 Å². The molecule has 13 heteroatoms. The number of hydrogen-bond acceptors (Lipinski definition) is 11. The van der Waals surface area contributed by atoms with Gasteiger partial charge in [-0.1, -0.05) is 30.3 Å². The minimum atomic E-state index is -2.92. The van der Waals surface area contributed by atoms with E-state index in [4.69, 9.17) is 32.4 Å². The van der Waals surface area contributed by atoms with E-state index < -0.39 is 34.8 Å². The summed E-state index contributed by atoms with van der Waals surface area (Å²) in [5.74, 6) is -2.86. The number of hydrogen-bond donors (Lipinski definition) is 6. The molecule has 1 unspecified atom stereocenters. The monoisotopic (exact) mass is 525 g/mol. The van der Waals surface area contributed by atoms with Crippen LogP contribution in [0.3, 0.4) is 0 Å². The number of nitrogens with zero attached hydrogens (tertiary/aromatic N) is 2. The number of nitrogens with one attached hydrogen (secondary N) is 1. The summed E-state index contributed by atoms with van der Waals surface area (Å²) in [5.41, 5.74) is 18.1. The van der Waals surface area contributed by atoms with Gasteiger partial charge < -0.3 is 37.5 Å². The Morgan fingerprint density at radius 1 is 0.947 bits per heavy atom. The van der Waals surface area contributed by atoms with Gasteiger partial charge in [0.1, 0.15) is 12.4 Å². The van der Waals surface area contributed by atoms with Crippen molar-refractivity contribution in [2.45, 2.75) is 36.7 Å². The van der Waals surface area contributed by atoms with E-state index in [0.29, 0.717) is 11.3 Å². The first kappa shape index (κ1) is 26.2. The molecule has 0 spiro atoms. The fourth-order valence-corrected chi connectivity index (χ4v) is 4.92. The summed E-state index contributed by atoms with van der Waals surface area (Å²) in [4.78, 5) is 41.3. The van der Waals surface area contributed by atoms with Crippen molar-refractivity contribution in [1.29, 1.82) is 0 Å². The van der Waals surface area contributed by atoms with Gasteiger partial charge in [0.05, 0.1) is 19.8 Å². The number of imide groups is 1. The van der Waals surface area contributed by atoms with Crippen molar-refractivity contribution in [1.82, 2.24) is 15.1 Å². The molecule has 2 fully saturated rings. The zero-order valence-corrected chi connectivity index (χ0v) is 20.7. The number of benzene rings is 2.